The van der Waals surface area contributed by atoms with Crippen molar-refractivity contribution in [3.8, 4) is 10.6 Å². The summed E-state index contributed by atoms with van der Waals surface area (Å²) < 4.78 is 10.3. The highest BCUT2D eigenvalue weighted by Gasteiger charge is 2.21. The van der Waals surface area contributed by atoms with E-state index in [0.717, 1.165) is 5.56 Å². The molecule has 6 nitrogen and oxygen atoms in total. The number of benzene rings is 1. The predicted octanol–water partition coefficient (Wildman–Crippen LogP) is 3.92. The van der Waals surface area contributed by atoms with Crippen LogP contribution in [0.1, 0.15) is 23.2 Å². The number of halogens is 1. The lowest BCUT2D eigenvalue weighted by molar-refractivity contribution is -0.129. The first-order chi connectivity index (χ1) is 12.5. The van der Waals surface area contributed by atoms with Crippen LogP contribution in [0.3, 0.4) is 0 Å². The number of carbonyl (C=O) groups is 2. The Morgan fingerprint density at radius 2 is 2.19 bits per heavy atom. The predicted molar refractivity (Wildman–Crippen MR) is 98.0 cm³/mol. The number of carbonyl (C=O) groups excluding carboxylic acids is 2. The summed E-state index contributed by atoms with van der Waals surface area (Å²) in [5, 5.41) is 5.46. The summed E-state index contributed by atoms with van der Waals surface area (Å²) in [6, 6.07) is 10.7. The van der Waals surface area contributed by atoms with Crippen LogP contribution >= 0.6 is 22.9 Å². The summed E-state index contributed by atoms with van der Waals surface area (Å²) in [6.07, 6.45) is 0.568. The lowest BCUT2D eigenvalue weighted by atomic mass is 10.2. The number of nitrogens with zero attached hydrogens (tertiary/aromatic N) is 1. The number of hydrogen-bond donors (Lipinski definition) is 1. The second-order valence-corrected chi connectivity index (χ2v) is 6.69. The lowest BCUT2D eigenvalue weighted by Gasteiger charge is -2.12. The third-order valence-electron chi connectivity index (χ3n) is 3.45. The van der Waals surface area contributed by atoms with Crippen molar-refractivity contribution in [2.45, 2.75) is 19.6 Å². The van der Waals surface area contributed by atoms with Crippen LogP contribution in [0.2, 0.25) is 5.02 Å². The van der Waals surface area contributed by atoms with E-state index in [4.69, 9.17) is 20.8 Å². The number of ether oxygens (including phenoxy) is 1. The monoisotopic (exact) mass is 390 g/mol. The zero-order chi connectivity index (χ0) is 18.5. The second kappa shape index (κ2) is 8.16. The van der Waals surface area contributed by atoms with Gasteiger partial charge in [-0.25, -0.2) is 9.78 Å². The van der Waals surface area contributed by atoms with Gasteiger partial charge in [0, 0.05) is 16.0 Å². The number of amides is 1. The van der Waals surface area contributed by atoms with Crippen LogP contribution in [0.4, 0.5) is 0 Å². The highest BCUT2D eigenvalue weighted by molar-refractivity contribution is 7.13. The van der Waals surface area contributed by atoms with Crippen LogP contribution in [0.25, 0.3) is 10.6 Å². The molecule has 0 spiro atoms. The van der Waals surface area contributed by atoms with E-state index in [-0.39, 0.29) is 12.2 Å². The van der Waals surface area contributed by atoms with E-state index in [2.05, 4.69) is 10.3 Å². The molecule has 3 aromatic rings. The van der Waals surface area contributed by atoms with Crippen LogP contribution in [0, 0.1) is 0 Å². The first-order valence-electron chi connectivity index (χ1n) is 7.75. The first-order valence-corrected chi connectivity index (χ1v) is 9.01. The maximum Gasteiger partial charge on any atom is 0.358 e. The molecule has 134 valence electrons. The van der Waals surface area contributed by atoms with Crippen molar-refractivity contribution in [1.82, 2.24) is 10.3 Å². The van der Waals surface area contributed by atoms with E-state index in [1.165, 1.54) is 24.5 Å². The Morgan fingerprint density at radius 3 is 2.92 bits per heavy atom. The van der Waals surface area contributed by atoms with E-state index in [1.807, 2.05) is 12.1 Å². The van der Waals surface area contributed by atoms with Crippen molar-refractivity contribution in [2.75, 3.05) is 0 Å². The average Bonchev–Trinajstić information content (AvgIpc) is 3.31. The second-order valence-electron chi connectivity index (χ2n) is 5.39. The standard InChI is InChI=1S/C18H15ClN2O4S/c1-11(16(22)20-9-14-6-3-7-24-14)25-18(23)15-10-26-17(21-15)12-4-2-5-13(19)8-12/h2-8,10-11H,9H2,1H3,(H,20,22)/t11-/m1/s1. The van der Waals surface area contributed by atoms with Crippen molar-refractivity contribution in [1.29, 1.82) is 0 Å². The molecule has 0 fully saturated rings. The molecule has 2 heterocycles. The van der Waals surface area contributed by atoms with Gasteiger partial charge in [-0.3, -0.25) is 4.79 Å². The molecule has 0 radical (unpaired) electrons. The Balaban J connectivity index is 1.58. The number of esters is 1. The van der Waals surface area contributed by atoms with Gasteiger partial charge in [0.05, 0.1) is 12.8 Å². The minimum Gasteiger partial charge on any atom is -0.467 e. The van der Waals surface area contributed by atoms with Gasteiger partial charge in [0.25, 0.3) is 5.91 Å². The van der Waals surface area contributed by atoms with Gasteiger partial charge in [-0.1, -0.05) is 23.7 Å². The fraction of sp³-hybridized carbons (Fsp3) is 0.167. The van der Waals surface area contributed by atoms with E-state index >= 15 is 0 Å². The van der Waals surface area contributed by atoms with Crippen molar-refractivity contribution in [2.24, 2.45) is 0 Å². The van der Waals surface area contributed by atoms with Gasteiger partial charge in [-0.05, 0) is 31.2 Å². The molecule has 0 aliphatic carbocycles. The van der Waals surface area contributed by atoms with Crippen molar-refractivity contribution in [3.63, 3.8) is 0 Å². The van der Waals surface area contributed by atoms with Crippen LogP contribution in [0.5, 0.6) is 0 Å². The molecule has 0 aliphatic rings. The maximum absolute atomic E-state index is 12.2. The van der Waals surface area contributed by atoms with Crippen molar-refractivity contribution < 1.29 is 18.7 Å². The number of hydrogen-bond acceptors (Lipinski definition) is 6. The zero-order valence-electron chi connectivity index (χ0n) is 13.8. The quantitative estimate of drug-likeness (QED) is 0.645. The Kier molecular flexibility index (Phi) is 5.70. The molecule has 0 saturated carbocycles. The molecule has 2 aromatic heterocycles. The molecule has 1 atom stereocenters. The van der Waals surface area contributed by atoms with Gasteiger partial charge < -0.3 is 14.5 Å². The fourth-order valence-corrected chi connectivity index (χ4v) is 3.10. The molecule has 26 heavy (non-hydrogen) atoms. The molecule has 0 saturated heterocycles. The Morgan fingerprint density at radius 1 is 1.35 bits per heavy atom. The molecule has 1 aromatic carbocycles. The number of rotatable bonds is 6. The minimum absolute atomic E-state index is 0.149. The smallest absolute Gasteiger partial charge is 0.358 e. The third-order valence-corrected chi connectivity index (χ3v) is 4.58. The highest BCUT2D eigenvalue weighted by Crippen LogP contribution is 2.26. The molecule has 8 heteroatoms. The zero-order valence-corrected chi connectivity index (χ0v) is 15.3. The van der Waals surface area contributed by atoms with Crippen LogP contribution < -0.4 is 5.32 Å². The molecule has 1 amide bonds. The average molecular weight is 391 g/mol. The van der Waals surface area contributed by atoms with Crippen LogP contribution in [0.15, 0.2) is 52.5 Å². The Hall–Kier alpha value is -2.64. The molecule has 0 unspecified atom stereocenters. The van der Waals surface area contributed by atoms with E-state index < -0.39 is 18.0 Å². The van der Waals surface area contributed by atoms with E-state index in [9.17, 15) is 9.59 Å². The summed E-state index contributed by atoms with van der Waals surface area (Å²) in [5.41, 5.74) is 0.960. The number of nitrogens with one attached hydrogen (secondary N) is 1. The number of aromatic nitrogens is 1. The number of furan rings is 1. The molecule has 0 aliphatic heterocycles. The van der Waals surface area contributed by atoms with Crippen molar-refractivity contribution in [3.05, 3.63) is 64.5 Å². The van der Waals surface area contributed by atoms with Gasteiger partial charge in [0.1, 0.15) is 10.8 Å². The minimum atomic E-state index is -0.950. The summed E-state index contributed by atoms with van der Waals surface area (Å²) in [6.45, 7) is 1.73. The molecular weight excluding hydrogens is 376 g/mol. The lowest BCUT2D eigenvalue weighted by Crippen LogP contribution is -2.35. The normalized spacial score (nSPS) is 11.8. The van der Waals surface area contributed by atoms with Crippen molar-refractivity contribution >= 4 is 34.8 Å². The molecule has 3 rings (SSSR count). The fourth-order valence-electron chi connectivity index (χ4n) is 2.13. The Labute approximate surface area is 158 Å². The van der Waals surface area contributed by atoms with E-state index in [0.29, 0.717) is 15.8 Å². The van der Waals surface area contributed by atoms with Gasteiger partial charge >= 0.3 is 5.97 Å². The largest absolute Gasteiger partial charge is 0.467 e. The van der Waals surface area contributed by atoms with Gasteiger partial charge in [-0.15, -0.1) is 11.3 Å². The summed E-state index contributed by atoms with van der Waals surface area (Å²) in [7, 11) is 0. The SMILES string of the molecule is C[C@@H](OC(=O)c1csc(-c2cccc(Cl)c2)n1)C(=O)NCc1ccco1. The molecular formula is C18H15ClN2O4S. The first kappa shape index (κ1) is 18.2. The van der Waals surface area contributed by atoms with Crippen LogP contribution in [-0.4, -0.2) is 23.0 Å². The van der Waals surface area contributed by atoms with Crippen LogP contribution in [-0.2, 0) is 16.1 Å². The maximum atomic E-state index is 12.2. The van der Waals surface area contributed by atoms with E-state index in [1.54, 1.807) is 29.6 Å². The number of thiazole rings is 1. The summed E-state index contributed by atoms with van der Waals surface area (Å²) >= 11 is 7.27. The summed E-state index contributed by atoms with van der Waals surface area (Å²) in [4.78, 5) is 28.5. The topological polar surface area (TPSA) is 81.4 Å². The molecule has 1 N–H and O–H groups in total. The highest BCUT2D eigenvalue weighted by atomic mass is 35.5. The Bertz CT molecular complexity index is 908. The third kappa shape index (κ3) is 4.50. The molecule has 0 bridgehead atoms. The summed E-state index contributed by atoms with van der Waals surface area (Å²) in [5.74, 6) is -0.460. The van der Waals surface area contributed by atoms with Gasteiger partial charge in [0.15, 0.2) is 11.8 Å². The van der Waals surface area contributed by atoms with Gasteiger partial charge in [0.2, 0.25) is 0 Å². The van der Waals surface area contributed by atoms with Gasteiger partial charge in [-0.2, -0.15) is 0 Å².